The van der Waals surface area contributed by atoms with Gasteiger partial charge in [0.1, 0.15) is 25.0 Å². The zero-order valence-electron chi connectivity index (χ0n) is 23.1. The molecule has 3 aliphatic heterocycles. The van der Waals surface area contributed by atoms with E-state index < -0.39 is 37.5 Å². The van der Waals surface area contributed by atoms with Crippen molar-refractivity contribution in [3.8, 4) is 5.75 Å². The highest BCUT2D eigenvalue weighted by molar-refractivity contribution is 6.05. The molecule has 2 aromatic carbocycles. The number of hydrogen-bond donors (Lipinski definition) is 1. The molecule has 3 heterocycles. The van der Waals surface area contributed by atoms with E-state index in [1.54, 1.807) is 42.5 Å². The van der Waals surface area contributed by atoms with Crippen molar-refractivity contribution < 1.29 is 35.5 Å². The molecule has 2 aromatic rings. The van der Waals surface area contributed by atoms with Crippen LogP contribution in [0.5, 0.6) is 5.75 Å². The van der Waals surface area contributed by atoms with Gasteiger partial charge in [0.25, 0.3) is 5.91 Å². The Morgan fingerprint density at radius 3 is 2.68 bits per heavy atom. The Morgan fingerprint density at radius 2 is 1.88 bits per heavy atom. The van der Waals surface area contributed by atoms with Crippen LogP contribution in [0.2, 0.25) is 0 Å². The van der Waals surface area contributed by atoms with Crippen LogP contribution in [0, 0.1) is 0 Å². The van der Waals surface area contributed by atoms with Crippen molar-refractivity contribution in [1.82, 2.24) is 15.1 Å². The van der Waals surface area contributed by atoms with Crippen molar-refractivity contribution in [3.63, 3.8) is 0 Å². The summed E-state index contributed by atoms with van der Waals surface area (Å²) in [5.74, 6) is -1.85. The zero-order valence-corrected chi connectivity index (χ0v) is 18.1. The summed E-state index contributed by atoms with van der Waals surface area (Å²) in [6.45, 7) is -7.15. The van der Waals surface area contributed by atoms with Crippen molar-refractivity contribution in [1.29, 1.82) is 0 Å². The van der Waals surface area contributed by atoms with E-state index in [4.69, 9.17) is 11.6 Å². The predicted octanol–water partition coefficient (Wildman–Crippen LogP) is 1.39. The second kappa shape index (κ2) is 9.26. The fourth-order valence-corrected chi connectivity index (χ4v) is 4.18. The smallest absolute Gasteiger partial charge is 0.255 e. The highest BCUT2D eigenvalue weighted by Crippen LogP contribution is 2.34. The van der Waals surface area contributed by atoms with Gasteiger partial charge in [-0.15, -0.1) is 0 Å². The number of piperidine rings is 1. The van der Waals surface area contributed by atoms with Crippen LogP contribution < -0.4 is 10.1 Å². The summed E-state index contributed by atoms with van der Waals surface area (Å²) >= 11 is 0. The van der Waals surface area contributed by atoms with E-state index in [2.05, 4.69) is 10.1 Å². The normalized spacial score (nSPS) is 27.7. The van der Waals surface area contributed by atoms with Crippen molar-refractivity contribution in [3.05, 3.63) is 64.7 Å². The van der Waals surface area contributed by atoms with E-state index >= 15 is 0 Å². The highest BCUT2D eigenvalue weighted by Gasteiger charge is 2.40. The fraction of sp³-hybridized carbons (Fsp3) is 0.360. The number of amides is 4. The average Bonchev–Trinajstić information content (AvgIpc) is 3.22. The Balaban J connectivity index is 1.25. The third-order valence-corrected chi connectivity index (χ3v) is 5.96. The van der Waals surface area contributed by atoms with Gasteiger partial charge in [0.15, 0.2) is 0 Å². The first-order valence-electron chi connectivity index (χ1n) is 13.4. The van der Waals surface area contributed by atoms with Gasteiger partial charge in [-0.05, 0) is 29.7 Å². The third kappa shape index (κ3) is 4.38. The van der Waals surface area contributed by atoms with Gasteiger partial charge in [-0.25, -0.2) is 0 Å². The third-order valence-electron chi connectivity index (χ3n) is 5.96. The van der Waals surface area contributed by atoms with Crippen LogP contribution in [0.15, 0.2) is 42.5 Å². The lowest BCUT2D eigenvalue weighted by Gasteiger charge is -2.29. The van der Waals surface area contributed by atoms with E-state index in [-0.39, 0.29) is 44.4 Å². The molecule has 1 N–H and O–H groups in total. The van der Waals surface area contributed by atoms with Crippen LogP contribution in [-0.4, -0.2) is 59.1 Å². The molecule has 2 saturated heterocycles. The van der Waals surface area contributed by atoms with Gasteiger partial charge in [0, 0.05) is 30.6 Å². The SMILES string of the molecule is [2H]C1OC([2H])([2H])C(=O)N(Cc2ccc(COc3cccc4c3CN(C3CCC(=O)NC3=O)C4=O)cc2)C1([2H])[2H]. The Hall–Kier alpha value is -3.72. The van der Waals surface area contributed by atoms with Gasteiger partial charge in [-0.2, -0.15) is 0 Å². The number of imide groups is 1. The molecule has 2 unspecified atom stereocenters. The van der Waals surface area contributed by atoms with Crippen molar-refractivity contribution in [2.24, 2.45) is 0 Å². The Labute approximate surface area is 203 Å². The average molecular weight is 469 g/mol. The number of rotatable bonds is 6. The molecule has 34 heavy (non-hydrogen) atoms. The lowest BCUT2D eigenvalue weighted by molar-refractivity contribution is -0.143. The summed E-state index contributed by atoms with van der Waals surface area (Å²) in [7, 11) is 0. The molecule has 0 bridgehead atoms. The summed E-state index contributed by atoms with van der Waals surface area (Å²) in [5.41, 5.74) is 2.35. The molecule has 4 amide bonds. The Morgan fingerprint density at radius 1 is 1.09 bits per heavy atom. The van der Waals surface area contributed by atoms with Gasteiger partial charge in [0.05, 0.1) is 20.0 Å². The van der Waals surface area contributed by atoms with Gasteiger partial charge < -0.3 is 19.3 Å². The number of benzene rings is 2. The summed E-state index contributed by atoms with van der Waals surface area (Å²) in [4.78, 5) is 51.3. The topological polar surface area (TPSA) is 105 Å². The monoisotopic (exact) mass is 468 g/mol. The van der Waals surface area contributed by atoms with E-state index in [1.807, 2.05) is 0 Å². The number of nitrogens with one attached hydrogen (secondary N) is 1. The van der Waals surface area contributed by atoms with Crippen LogP contribution in [0.4, 0.5) is 0 Å². The maximum absolute atomic E-state index is 13.0. The van der Waals surface area contributed by atoms with Crippen molar-refractivity contribution >= 4 is 23.6 Å². The van der Waals surface area contributed by atoms with Gasteiger partial charge >= 0.3 is 0 Å². The minimum Gasteiger partial charge on any atom is -0.489 e. The number of ether oxygens (including phenoxy) is 2. The van der Waals surface area contributed by atoms with Crippen molar-refractivity contribution in [2.45, 2.75) is 38.6 Å². The first kappa shape index (κ1) is 16.8. The highest BCUT2D eigenvalue weighted by atomic mass is 16.5. The van der Waals surface area contributed by atoms with Gasteiger partial charge in [-0.1, -0.05) is 30.3 Å². The molecular weight excluding hydrogens is 438 g/mol. The minimum absolute atomic E-state index is 0.137. The van der Waals surface area contributed by atoms with Crippen molar-refractivity contribution in [2.75, 3.05) is 19.6 Å². The molecule has 2 atom stereocenters. The first-order valence-corrected chi connectivity index (χ1v) is 10.8. The lowest BCUT2D eigenvalue weighted by atomic mass is 10.0. The Kier molecular flexibility index (Phi) is 4.58. The van der Waals surface area contributed by atoms with Crippen LogP contribution in [0.3, 0.4) is 0 Å². The van der Waals surface area contributed by atoms with Crippen LogP contribution >= 0.6 is 0 Å². The molecule has 9 nitrogen and oxygen atoms in total. The summed E-state index contributed by atoms with van der Waals surface area (Å²) < 4.78 is 49.7. The van der Waals surface area contributed by atoms with Gasteiger partial charge in [-0.3, -0.25) is 24.5 Å². The zero-order chi connectivity index (χ0) is 28.1. The molecule has 0 aromatic heterocycles. The number of fused-ring (bicyclic) bond motifs is 1. The second-order valence-corrected chi connectivity index (χ2v) is 8.15. The molecule has 0 radical (unpaired) electrons. The van der Waals surface area contributed by atoms with Crippen LogP contribution in [0.1, 0.15) is 46.7 Å². The summed E-state index contributed by atoms with van der Waals surface area (Å²) in [6.07, 6.45) is 0.425. The second-order valence-electron chi connectivity index (χ2n) is 8.15. The maximum Gasteiger partial charge on any atom is 0.255 e. The van der Waals surface area contributed by atoms with Crippen LogP contribution in [0.25, 0.3) is 0 Å². The molecule has 9 heteroatoms. The molecule has 2 fully saturated rings. The van der Waals surface area contributed by atoms with Gasteiger partial charge in [0.2, 0.25) is 17.7 Å². The minimum atomic E-state index is -2.79. The maximum atomic E-state index is 13.0. The lowest BCUT2D eigenvalue weighted by Crippen LogP contribution is -2.52. The molecule has 3 aliphatic rings. The molecule has 0 aliphatic carbocycles. The first-order chi connectivity index (χ1) is 18.4. The quantitative estimate of drug-likeness (QED) is 0.643. The van der Waals surface area contributed by atoms with E-state index in [1.165, 1.54) is 4.90 Å². The molecular formula is C25H25N3O6. The molecule has 0 saturated carbocycles. The summed E-state index contributed by atoms with van der Waals surface area (Å²) in [5, 5.41) is 2.28. The summed E-state index contributed by atoms with van der Waals surface area (Å²) in [6, 6.07) is 11.1. The standard InChI is InChI=1S/C25H25N3O6/c29-22-9-8-20(24(31)26-22)28-13-19-18(25(28)32)2-1-3-21(19)34-14-17-6-4-16(5-7-17)12-27-10-11-33-15-23(27)30/h1-7,20H,8-15H2,(H,26,29,31)/i10D2,11D,15D2. The molecule has 176 valence electrons. The Bertz CT molecular complexity index is 1350. The van der Waals surface area contributed by atoms with E-state index in [0.29, 0.717) is 27.3 Å². The molecule has 5 rings (SSSR count). The largest absolute Gasteiger partial charge is 0.489 e. The number of carbonyl (C=O) groups excluding carboxylic acids is 4. The predicted molar refractivity (Wildman–Crippen MR) is 119 cm³/mol. The van der Waals surface area contributed by atoms with Crippen LogP contribution in [-0.2, 0) is 38.8 Å². The number of carbonyl (C=O) groups is 4. The molecule has 0 spiro atoms. The van der Waals surface area contributed by atoms with E-state index in [0.717, 1.165) is 5.56 Å². The number of hydrogen-bond acceptors (Lipinski definition) is 6. The fourth-order valence-electron chi connectivity index (χ4n) is 4.18. The number of nitrogens with zero attached hydrogens (tertiary/aromatic N) is 2. The van der Waals surface area contributed by atoms with E-state index in [9.17, 15) is 19.2 Å². The number of morpholine rings is 1.